The Labute approximate surface area is 118 Å². The molecule has 1 amide bonds. The van der Waals surface area contributed by atoms with Crippen LogP contribution >= 0.6 is 35.4 Å². The van der Waals surface area contributed by atoms with E-state index in [1.165, 1.54) is 19.1 Å². The zero-order chi connectivity index (χ0) is 13.9. The molecule has 0 bridgehead atoms. The van der Waals surface area contributed by atoms with Crippen molar-refractivity contribution in [2.75, 3.05) is 5.32 Å². The van der Waals surface area contributed by atoms with E-state index in [-0.39, 0.29) is 32.3 Å². The van der Waals surface area contributed by atoms with E-state index in [1.807, 2.05) is 0 Å². The van der Waals surface area contributed by atoms with Crippen LogP contribution in [0.15, 0.2) is 12.1 Å². The maximum Gasteiger partial charge on any atom is 0.337 e. The molecule has 0 fully saturated rings. The lowest BCUT2D eigenvalue weighted by molar-refractivity contribution is -0.117. The van der Waals surface area contributed by atoms with Gasteiger partial charge in [-0.3, -0.25) is 4.79 Å². The van der Waals surface area contributed by atoms with Crippen LogP contribution in [0.2, 0.25) is 10.0 Å². The molecule has 0 radical (unpaired) electrons. The number of aromatic carboxylic acids is 1. The van der Waals surface area contributed by atoms with Gasteiger partial charge in [-0.25, -0.2) is 4.79 Å². The standard InChI is InChI=1S/C10H8Cl2N2O3S/c1-4(15)13-10(18)14-8-6(9(16)17)2-5(11)3-7(8)12/h2-3H,1H3,(H,16,17)(H2,13,14,15,18). The van der Waals surface area contributed by atoms with E-state index in [4.69, 9.17) is 40.5 Å². The summed E-state index contributed by atoms with van der Waals surface area (Å²) in [5, 5.41) is 14.1. The molecule has 1 rings (SSSR count). The molecule has 18 heavy (non-hydrogen) atoms. The molecule has 1 aromatic carbocycles. The molecule has 8 heteroatoms. The minimum absolute atomic E-state index is 0.0470. The molecule has 0 aliphatic rings. The van der Waals surface area contributed by atoms with Crippen LogP contribution < -0.4 is 10.6 Å². The third-order valence-electron chi connectivity index (χ3n) is 1.81. The number of nitrogens with one attached hydrogen (secondary N) is 2. The largest absolute Gasteiger partial charge is 0.478 e. The highest BCUT2D eigenvalue weighted by atomic mass is 35.5. The van der Waals surface area contributed by atoms with Gasteiger partial charge in [0, 0.05) is 11.9 Å². The summed E-state index contributed by atoms with van der Waals surface area (Å²) in [7, 11) is 0. The van der Waals surface area contributed by atoms with Gasteiger partial charge in [-0.15, -0.1) is 0 Å². The highest BCUT2D eigenvalue weighted by Gasteiger charge is 2.16. The second-order valence-electron chi connectivity index (χ2n) is 3.25. The maximum atomic E-state index is 11.0. The minimum atomic E-state index is -1.22. The van der Waals surface area contributed by atoms with Crippen molar-refractivity contribution in [1.82, 2.24) is 5.32 Å². The van der Waals surface area contributed by atoms with Crippen LogP contribution in [0.3, 0.4) is 0 Å². The van der Waals surface area contributed by atoms with Gasteiger partial charge < -0.3 is 15.7 Å². The molecule has 0 atom stereocenters. The highest BCUT2D eigenvalue weighted by molar-refractivity contribution is 7.80. The number of rotatable bonds is 2. The molecular weight excluding hydrogens is 299 g/mol. The number of amides is 1. The zero-order valence-corrected chi connectivity index (χ0v) is 11.4. The smallest absolute Gasteiger partial charge is 0.337 e. The Kier molecular flexibility index (Phi) is 4.89. The third kappa shape index (κ3) is 3.83. The van der Waals surface area contributed by atoms with Crippen LogP contribution in [0.5, 0.6) is 0 Å². The van der Waals surface area contributed by atoms with Gasteiger partial charge in [0.1, 0.15) is 0 Å². The van der Waals surface area contributed by atoms with E-state index in [1.54, 1.807) is 0 Å². The van der Waals surface area contributed by atoms with Gasteiger partial charge in [0.2, 0.25) is 5.91 Å². The van der Waals surface area contributed by atoms with Crippen LogP contribution in [0.25, 0.3) is 0 Å². The lowest BCUT2D eigenvalue weighted by atomic mass is 10.2. The van der Waals surface area contributed by atoms with Crippen LogP contribution in [-0.2, 0) is 4.79 Å². The summed E-state index contributed by atoms with van der Waals surface area (Å²) in [4.78, 5) is 21.8. The fourth-order valence-corrected chi connectivity index (χ4v) is 1.96. The molecule has 0 saturated heterocycles. The first-order chi connectivity index (χ1) is 8.31. The number of carboxylic acids is 1. The Hall–Kier alpha value is -1.37. The van der Waals surface area contributed by atoms with Crippen molar-refractivity contribution in [3.8, 4) is 0 Å². The Bertz CT molecular complexity index is 534. The Morgan fingerprint density at radius 1 is 1.33 bits per heavy atom. The van der Waals surface area contributed by atoms with E-state index in [9.17, 15) is 9.59 Å². The first kappa shape index (κ1) is 14.7. The first-order valence-electron chi connectivity index (χ1n) is 4.62. The fraction of sp³-hybridized carbons (Fsp3) is 0.100. The normalized spacial score (nSPS) is 9.72. The molecule has 0 aromatic heterocycles. The molecule has 0 unspecified atom stereocenters. The molecule has 0 spiro atoms. The van der Waals surface area contributed by atoms with Crippen molar-refractivity contribution in [1.29, 1.82) is 0 Å². The highest BCUT2D eigenvalue weighted by Crippen LogP contribution is 2.30. The lowest BCUT2D eigenvalue weighted by Gasteiger charge is -2.12. The molecule has 3 N–H and O–H groups in total. The van der Waals surface area contributed by atoms with Crippen molar-refractivity contribution in [3.05, 3.63) is 27.7 Å². The SMILES string of the molecule is CC(=O)NC(=S)Nc1c(Cl)cc(Cl)cc1C(=O)O. The zero-order valence-electron chi connectivity index (χ0n) is 9.08. The maximum absolute atomic E-state index is 11.0. The van der Waals surface area contributed by atoms with Gasteiger partial charge in [0.25, 0.3) is 0 Å². The van der Waals surface area contributed by atoms with Gasteiger partial charge in [-0.2, -0.15) is 0 Å². The number of halogens is 2. The number of hydrogen-bond donors (Lipinski definition) is 3. The Morgan fingerprint density at radius 3 is 2.44 bits per heavy atom. The summed E-state index contributed by atoms with van der Waals surface area (Å²) in [6.07, 6.45) is 0. The average Bonchev–Trinajstić information content (AvgIpc) is 2.20. The number of carbonyl (C=O) groups is 2. The van der Waals surface area contributed by atoms with Crippen LogP contribution in [-0.4, -0.2) is 22.1 Å². The molecule has 0 saturated carbocycles. The predicted molar refractivity (Wildman–Crippen MR) is 73.5 cm³/mol. The molecule has 0 aliphatic heterocycles. The summed E-state index contributed by atoms with van der Waals surface area (Å²) in [6, 6.07) is 2.60. The molecule has 5 nitrogen and oxygen atoms in total. The predicted octanol–water partition coefficient (Wildman–Crippen LogP) is 2.52. The van der Waals surface area contributed by atoms with Gasteiger partial charge in [-0.05, 0) is 24.4 Å². The summed E-state index contributed by atoms with van der Waals surface area (Å²) >= 11 is 16.4. The van der Waals surface area contributed by atoms with E-state index in [0.717, 1.165) is 0 Å². The molecule has 0 heterocycles. The van der Waals surface area contributed by atoms with Gasteiger partial charge in [-0.1, -0.05) is 23.2 Å². The molecule has 0 aliphatic carbocycles. The molecule has 1 aromatic rings. The van der Waals surface area contributed by atoms with Crippen LogP contribution in [0.4, 0.5) is 5.69 Å². The quantitative estimate of drug-likeness (QED) is 0.732. The number of benzene rings is 1. The number of anilines is 1. The number of hydrogen-bond acceptors (Lipinski definition) is 3. The van der Waals surface area contributed by atoms with Crippen molar-refractivity contribution in [2.24, 2.45) is 0 Å². The van der Waals surface area contributed by atoms with Crippen molar-refractivity contribution < 1.29 is 14.7 Å². The summed E-state index contributed by atoms with van der Waals surface area (Å²) in [5.74, 6) is -1.60. The summed E-state index contributed by atoms with van der Waals surface area (Å²) in [5.41, 5.74) is -0.0625. The van der Waals surface area contributed by atoms with Crippen molar-refractivity contribution in [3.63, 3.8) is 0 Å². The summed E-state index contributed by atoms with van der Waals surface area (Å²) < 4.78 is 0. The van der Waals surface area contributed by atoms with E-state index in [0.29, 0.717) is 0 Å². The van der Waals surface area contributed by atoms with Gasteiger partial charge >= 0.3 is 5.97 Å². The monoisotopic (exact) mass is 306 g/mol. The van der Waals surface area contributed by atoms with Crippen molar-refractivity contribution in [2.45, 2.75) is 6.92 Å². The topological polar surface area (TPSA) is 78.4 Å². The van der Waals surface area contributed by atoms with Crippen LogP contribution in [0, 0.1) is 0 Å². The Morgan fingerprint density at radius 2 is 1.94 bits per heavy atom. The first-order valence-corrected chi connectivity index (χ1v) is 5.78. The fourth-order valence-electron chi connectivity index (χ4n) is 1.17. The second-order valence-corrected chi connectivity index (χ2v) is 4.50. The second kappa shape index (κ2) is 5.99. The minimum Gasteiger partial charge on any atom is -0.478 e. The van der Waals surface area contributed by atoms with Crippen LogP contribution in [0.1, 0.15) is 17.3 Å². The third-order valence-corrected chi connectivity index (χ3v) is 2.53. The van der Waals surface area contributed by atoms with E-state index in [2.05, 4.69) is 10.6 Å². The number of carboxylic acid groups (broad SMARTS) is 1. The van der Waals surface area contributed by atoms with Gasteiger partial charge in [0.15, 0.2) is 5.11 Å². The average molecular weight is 307 g/mol. The Balaban J connectivity index is 3.11. The van der Waals surface area contributed by atoms with Gasteiger partial charge in [0.05, 0.1) is 16.3 Å². The number of carbonyl (C=O) groups excluding carboxylic acids is 1. The van der Waals surface area contributed by atoms with E-state index < -0.39 is 5.97 Å². The number of thiocarbonyl (C=S) groups is 1. The van der Waals surface area contributed by atoms with E-state index >= 15 is 0 Å². The molecular formula is C10H8Cl2N2O3S. The lowest BCUT2D eigenvalue weighted by Crippen LogP contribution is -2.32. The summed E-state index contributed by atoms with van der Waals surface area (Å²) in [6.45, 7) is 1.27. The molecule has 96 valence electrons. The van der Waals surface area contributed by atoms with Crippen molar-refractivity contribution >= 4 is 58.1 Å².